The molecule has 0 nitrogen and oxygen atoms in total. The first-order valence-corrected chi connectivity index (χ1v) is 20.5. The Morgan fingerprint density at radius 3 is 0.875 bits per heavy atom. The first-order valence-electron chi connectivity index (χ1n) is 0.962. The van der Waals surface area contributed by atoms with Crippen LogP contribution in [0.3, 0.4) is 0 Å². The predicted octanol–water partition coefficient (Wildman–Crippen LogP) is 2.94. The van der Waals surface area contributed by atoms with Crippen molar-refractivity contribution < 1.29 is 16.8 Å². The molecule has 0 aromatic heterocycles. The van der Waals surface area contributed by atoms with Gasteiger partial charge in [-0.1, -0.05) is 0 Å². The van der Waals surface area contributed by atoms with Crippen LogP contribution in [0.2, 0.25) is 0 Å². The van der Waals surface area contributed by atoms with Gasteiger partial charge in [-0.05, 0) is 0 Å². The molecule has 0 aromatic carbocycles. The van der Waals surface area contributed by atoms with Gasteiger partial charge in [0, 0.05) is 0 Å². The van der Waals surface area contributed by atoms with Crippen LogP contribution in [0, 0.1) is 0 Å². The third-order valence-electron chi connectivity index (χ3n) is 0. The SMILES string of the molecule is Br[I-]Br.Br[P+](Br)(Br)Br. The summed E-state index contributed by atoms with van der Waals surface area (Å²) in [6.45, 7) is 0. The fraction of sp³-hybridized carbons (Fsp3) is 0. The molecule has 8 heteroatoms. The van der Waals surface area contributed by atoms with Crippen molar-refractivity contribution in [1.82, 2.24) is 0 Å². The summed E-state index contributed by atoms with van der Waals surface area (Å²) < 4.78 is -1.14. The van der Waals surface area contributed by atoms with E-state index in [2.05, 4.69) is 87.3 Å². The Labute approximate surface area is 104 Å². The van der Waals surface area contributed by atoms with Gasteiger partial charge in [-0.3, -0.25) is 0 Å². The van der Waals surface area contributed by atoms with Crippen LogP contribution in [-0.2, 0) is 0 Å². The zero-order valence-electron chi connectivity index (χ0n) is 3.09. The Morgan fingerprint density at radius 1 is 0.875 bits per heavy atom. The zero-order valence-corrected chi connectivity index (χ0v) is 15.7. The standard InChI is InChI=1S/Br4P.Br2I/c1-5(2,3)4;1-3-2/q+1;-1. The molecule has 0 fully saturated rings. The summed E-state index contributed by atoms with van der Waals surface area (Å²) >= 11 is 19.5. The van der Waals surface area contributed by atoms with Gasteiger partial charge in [0.15, 0.2) is 62.0 Å². The first-order chi connectivity index (χ1) is 3.41. The van der Waals surface area contributed by atoms with Gasteiger partial charge in [0.25, 0.3) is 2.07 Å². The summed E-state index contributed by atoms with van der Waals surface area (Å²) in [7, 11) is 0. The summed E-state index contributed by atoms with van der Waals surface area (Å²) in [6, 6.07) is 0. The van der Waals surface area contributed by atoms with Crippen molar-refractivity contribution in [3.05, 3.63) is 0 Å². The Hall–Kier alpha value is 4.04. The second kappa shape index (κ2) is 9.13. The molecule has 0 unspecified atom stereocenters. The maximum Gasteiger partial charge on any atom is 0.287 e. The van der Waals surface area contributed by atoms with E-state index in [4.69, 9.17) is 0 Å². The Balaban J connectivity index is 0. The fourth-order valence-corrected chi connectivity index (χ4v) is 0. The van der Waals surface area contributed by atoms with E-state index in [0.717, 1.165) is 0 Å². The van der Waals surface area contributed by atoms with Gasteiger partial charge in [0.2, 0.25) is 0 Å². The number of hydrogen-bond donors (Lipinski definition) is 0. The topological polar surface area (TPSA) is 0 Å². The molecule has 0 spiro atoms. The summed E-state index contributed by atoms with van der Waals surface area (Å²) in [6.07, 6.45) is 0. The molecule has 0 atom stereocenters. The molecule has 0 bridgehead atoms. The summed E-state index contributed by atoms with van der Waals surface area (Å²) in [4.78, 5) is 0. The molecule has 0 saturated heterocycles. The van der Waals surface area contributed by atoms with Crippen molar-refractivity contribution in [3.63, 3.8) is 0 Å². The molecule has 8 heavy (non-hydrogen) atoms. The van der Waals surface area contributed by atoms with Crippen LogP contribution in [-0.4, -0.2) is 0 Å². The van der Waals surface area contributed by atoms with Crippen molar-refractivity contribution >= 4 is 89.4 Å². The van der Waals surface area contributed by atoms with Crippen LogP contribution in [0.1, 0.15) is 0 Å². The maximum absolute atomic E-state index is 3.24. The molecule has 0 rings (SSSR count). The van der Waals surface area contributed by atoms with Crippen molar-refractivity contribution in [3.8, 4) is 0 Å². The van der Waals surface area contributed by atoms with Crippen LogP contribution in [0.5, 0.6) is 0 Å². The van der Waals surface area contributed by atoms with Gasteiger partial charge < -0.3 is 0 Å². The minimum absolute atomic E-state index is 0.215. The van der Waals surface area contributed by atoms with E-state index >= 15 is 0 Å². The van der Waals surface area contributed by atoms with Crippen molar-refractivity contribution in [1.29, 1.82) is 0 Å². The Morgan fingerprint density at radius 2 is 0.875 bits per heavy atom. The second-order valence-corrected chi connectivity index (χ2v) is 40.8. The number of hydrogen-bond acceptors (Lipinski definition) is 0. The smallest absolute Gasteiger partial charge is 0.178 e. The molecule has 0 aliphatic carbocycles. The molecule has 0 aliphatic heterocycles. The summed E-state index contributed by atoms with van der Waals surface area (Å²) in [5.41, 5.74) is 0. The van der Waals surface area contributed by atoms with Crippen LogP contribution >= 0.6 is 89.4 Å². The van der Waals surface area contributed by atoms with Gasteiger partial charge in [-0.15, -0.1) is 0 Å². The largest absolute Gasteiger partial charge is 0.287 e. The third kappa shape index (κ3) is 50.3. The second-order valence-electron chi connectivity index (χ2n) is 0.437. The van der Waals surface area contributed by atoms with E-state index in [1.807, 2.05) is 0 Å². The van der Waals surface area contributed by atoms with E-state index in [1.54, 1.807) is 0 Å². The van der Waals surface area contributed by atoms with E-state index in [1.165, 1.54) is 0 Å². The van der Waals surface area contributed by atoms with Crippen molar-refractivity contribution in [2.24, 2.45) is 0 Å². The van der Waals surface area contributed by atoms with E-state index in [-0.39, 0.29) is 16.8 Å². The number of halogens is 7. The number of rotatable bonds is 0. The van der Waals surface area contributed by atoms with E-state index < -0.39 is 2.07 Å². The molecule has 0 heterocycles. The average molecular weight is 637 g/mol. The van der Waals surface area contributed by atoms with Crippen LogP contribution in [0.15, 0.2) is 0 Å². The van der Waals surface area contributed by atoms with E-state index in [9.17, 15) is 0 Å². The molecular formula is Br6IP. The van der Waals surface area contributed by atoms with Crippen LogP contribution in [0.4, 0.5) is 0 Å². The maximum atomic E-state index is 3.24. The molecule has 0 aromatic rings. The summed E-state index contributed by atoms with van der Waals surface area (Å²) in [5, 5.41) is 0. The molecule has 0 amide bonds. The minimum atomic E-state index is -1.14. The summed E-state index contributed by atoms with van der Waals surface area (Å²) in [5.74, 6) is 0. The normalized spacial score (nSPS) is 10.2. The van der Waals surface area contributed by atoms with Gasteiger partial charge in [-0.2, -0.15) is 0 Å². The van der Waals surface area contributed by atoms with Crippen molar-refractivity contribution in [2.75, 3.05) is 0 Å². The predicted molar refractivity (Wildman–Crippen MR) is 60.5 cm³/mol. The van der Waals surface area contributed by atoms with Gasteiger partial charge in [0.1, 0.15) is 0 Å². The Bertz CT molecular complexity index is 32.3. The molecular weight excluding hydrogens is 637 g/mol. The Kier molecular flexibility index (Phi) is 16.6. The van der Waals surface area contributed by atoms with Crippen molar-refractivity contribution in [2.45, 2.75) is 0 Å². The molecule has 54 valence electrons. The quantitative estimate of drug-likeness (QED) is 0.284. The molecule has 0 aliphatic rings. The van der Waals surface area contributed by atoms with Crippen LogP contribution in [0.25, 0.3) is 0 Å². The van der Waals surface area contributed by atoms with E-state index in [0.29, 0.717) is 0 Å². The monoisotopic (exact) mass is 631 g/mol. The van der Waals surface area contributed by atoms with Gasteiger partial charge in [0.05, 0.1) is 0 Å². The van der Waals surface area contributed by atoms with Crippen LogP contribution < -0.4 is 16.8 Å². The van der Waals surface area contributed by atoms with Gasteiger partial charge in [-0.25, -0.2) is 0 Å². The minimum Gasteiger partial charge on any atom is 0.178 e. The molecule has 0 saturated carbocycles. The van der Waals surface area contributed by atoms with Gasteiger partial charge >= 0.3 is 42.1 Å². The first kappa shape index (κ1) is 14.6. The molecule has 0 N–H and O–H groups in total. The third-order valence-corrected chi connectivity index (χ3v) is 0. The fourth-order valence-electron chi connectivity index (χ4n) is 0. The average Bonchev–Trinajstić information content (AvgIpc) is 1.27. The molecule has 0 radical (unpaired) electrons. The zero-order chi connectivity index (χ0) is 7.21.